The number of hydrogen-bond acceptors (Lipinski definition) is 6. The number of alkyl halides is 4. The van der Waals surface area contributed by atoms with Crippen LogP contribution >= 0.6 is 0 Å². The van der Waals surface area contributed by atoms with Crippen LogP contribution in [0.2, 0.25) is 0 Å². The second kappa shape index (κ2) is 20.2. The number of halogens is 4. The van der Waals surface area contributed by atoms with Crippen molar-refractivity contribution in [1.29, 1.82) is 0 Å². The zero-order valence-corrected chi connectivity index (χ0v) is 28.2. The molecule has 0 saturated heterocycles. The summed E-state index contributed by atoms with van der Waals surface area (Å²) in [4.78, 5) is 34.3. The van der Waals surface area contributed by atoms with Gasteiger partial charge in [-0.15, -0.1) is 0 Å². The Morgan fingerprint density at radius 1 is 0.619 bits per heavy atom. The Labute approximate surface area is 254 Å². The van der Waals surface area contributed by atoms with Gasteiger partial charge in [-0.3, -0.25) is 14.4 Å². The Bertz CT molecular complexity index is 767. The smallest absolute Gasteiger partial charge is 0.340 e. The molecule has 0 N–H and O–H groups in total. The monoisotopic (exact) mass is 618 g/mol. The average molecular weight is 619 g/mol. The van der Waals surface area contributed by atoms with Crippen LogP contribution in [-0.4, -0.2) is 49.1 Å². The van der Waals surface area contributed by atoms with E-state index >= 15 is 0 Å². The Kier molecular flexibility index (Phi) is 22.6. The van der Waals surface area contributed by atoms with Crippen molar-refractivity contribution in [3.8, 4) is 0 Å². The first kappa shape index (κ1) is 47.1. The maximum atomic E-state index is 12.4. The van der Waals surface area contributed by atoms with Crippen molar-refractivity contribution >= 4 is 17.9 Å². The van der Waals surface area contributed by atoms with Gasteiger partial charge in [0.1, 0.15) is 6.10 Å². The van der Waals surface area contributed by atoms with Crippen LogP contribution in [0.15, 0.2) is 0 Å². The van der Waals surface area contributed by atoms with E-state index in [2.05, 4.69) is 32.4 Å². The van der Waals surface area contributed by atoms with Crippen molar-refractivity contribution < 1.29 is 46.2 Å². The fraction of sp³-hybridized carbons (Fsp3) is 0.906. The van der Waals surface area contributed by atoms with Crippen LogP contribution in [-0.2, 0) is 28.6 Å². The molecule has 0 rings (SSSR count). The number of carbonyl (C=O) groups excluding carboxylic acids is 3. The number of esters is 3. The van der Waals surface area contributed by atoms with Crippen molar-refractivity contribution in [3.63, 3.8) is 0 Å². The van der Waals surface area contributed by atoms with Crippen LogP contribution in [0.5, 0.6) is 0 Å². The van der Waals surface area contributed by atoms with E-state index in [0.29, 0.717) is 18.3 Å². The lowest BCUT2D eigenvalue weighted by atomic mass is 9.89. The molecule has 0 aliphatic heterocycles. The largest absolute Gasteiger partial charge is 0.463 e. The van der Waals surface area contributed by atoms with Crippen molar-refractivity contribution in [2.45, 2.75) is 155 Å². The highest BCUT2D eigenvalue weighted by Crippen LogP contribution is 2.27. The Balaban J connectivity index is -0.000000258. The van der Waals surface area contributed by atoms with Crippen molar-refractivity contribution in [3.05, 3.63) is 0 Å². The molecule has 0 bridgehead atoms. The Morgan fingerprint density at radius 3 is 1.19 bits per heavy atom. The van der Waals surface area contributed by atoms with E-state index < -0.39 is 30.3 Å². The first-order valence-corrected chi connectivity index (χ1v) is 14.5. The molecule has 0 fully saturated rings. The van der Waals surface area contributed by atoms with Gasteiger partial charge < -0.3 is 14.2 Å². The molecule has 0 spiro atoms. The van der Waals surface area contributed by atoms with Gasteiger partial charge in [0.2, 0.25) is 0 Å². The number of rotatable bonds is 13. The highest BCUT2D eigenvalue weighted by atomic mass is 19.3. The van der Waals surface area contributed by atoms with E-state index in [4.69, 9.17) is 9.47 Å². The molecular formula is C32H62F4O6. The van der Waals surface area contributed by atoms with Crippen molar-refractivity contribution in [1.82, 2.24) is 0 Å². The molecule has 254 valence electrons. The van der Waals surface area contributed by atoms with Gasteiger partial charge in [0.25, 0.3) is 0 Å². The summed E-state index contributed by atoms with van der Waals surface area (Å²) in [5, 5.41) is 0. The molecular weight excluding hydrogens is 556 g/mol. The van der Waals surface area contributed by atoms with Gasteiger partial charge in [0.15, 0.2) is 6.61 Å². The molecule has 0 aliphatic rings. The van der Waals surface area contributed by atoms with Crippen LogP contribution in [0, 0.1) is 28.1 Å². The molecule has 0 atom stereocenters. The minimum absolute atomic E-state index is 0. The summed E-state index contributed by atoms with van der Waals surface area (Å²) in [5.74, 6) is -4.60. The molecule has 0 radical (unpaired) electrons. The van der Waals surface area contributed by atoms with E-state index in [0.717, 1.165) is 12.8 Å². The van der Waals surface area contributed by atoms with Gasteiger partial charge in [0, 0.05) is 0 Å². The van der Waals surface area contributed by atoms with E-state index in [9.17, 15) is 31.9 Å². The third-order valence-electron chi connectivity index (χ3n) is 6.92. The third-order valence-corrected chi connectivity index (χ3v) is 6.92. The molecule has 0 aromatic rings. The molecule has 6 nitrogen and oxygen atoms in total. The second-order valence-electron chi connectivity index (χ2n) is 13.2. The molecule has 0 saturated carbocycles. The van der Waals surface area contributed by atoms with Crippen LogP contribution in [0.25, 0.3) is 0 Å². The molecule has 10 heteroatoms. The van der Waals surface area contributed by atoms with Gasteiger partial charge >= 0.3 is 30.3 Å². The number of ether oxygens (including phenoxy) is 3. The fourth-order valence-corrected chi connectivity index (χ4v) is 2.55. The minimum Gasteiger partial charge on any atom is -0.463 e. The maximum absolute atomic E-state index is 12.4. The van der Waals surface area contributed by atoms with E-state index in [1.807, 2.05) is 55.4 Å². The second-order valence-corrected chi connectivity index (χ2v) is 13.2. The standard InChI is InChI=1S/C13H26O2.C9H14F4O2.C9H18O2.CH4/c1-8-13(6,7)12(14)15-11(9(2)3)10(4)5;1-4-8(2,3)7(14)15-5-9(12,13)6(10)11;1-6-9(4,5)8(10)11-7(2)3;/h9-11H,8H2,1-7H3;6H,4-5H2,1-3H3;7H,6H2,1-5H3;1H4. The van der Waals surface area contributed by atoms with Gasteiger partial charge in [-0.2, -0.15) is 8.78 Å². The van der Waals surface area contributed by atoms with E-state index in [1.54, 1.807) is 6.92 Å². The molecule has 0 unspecified atom stereocenters. The van der Waals surface area contributed by atoms with Gasteiger partial charge in [-0.25, -0.2) is 8.78 Å². The number of carbonyl (C=O) groups is 3. The summed E-state index contributed by atoms with van der Waals surface area (Å²) in [7, 11) is 0. The lowest BCUT2D eigenvalue weighted by molar-refractivity contribution is -0.186. The highest BCUT2D eigenvalue weighted by molar-refractivity contribution is 5.76. The summed E-state index contributed by atoms with van der Waals surface area (Å²) in [6, 6.07) is 0. The topological polar surface area (TPSA) is 78.9 Å². The van der Waals surface area contributed by atoms with Crippen LogP contribution in [0.4, 0.5) is 17.6 Å². The molecule has 42 heavy (non-hydrogen) atoms. The zero-order valence-electron chi connectivity index (χ0n) is 28.2. The Morgan fingerprint density at radius 2 is 0.929 bits per heavy atom. The van der Waals surface area contributed by atoms with Crippen LogP contribution in [0.3, 0.4) is 0 Å². The van der Waals surface area contributed by atoms with Crippen LogP contribution in [0.1, 0.15) is 131 Å². The van der Waals surface area contributed by atoms with Gasteiger partial charge in [-0.05, 0) is 86.5 Å². The number of hydrogen-bond donors (Lipinski definition) is 0. The molecule has 0 aromatic carbocycles. The minimum atomic E-state index is -4.28. The molecule has 0 aromatic heterocycles. The maximum Gasteiger partial charge on any atom is 0.340 e. The first-order valence-electron chi connectivity index (χ1n) is 14.5. The zero-order chi connectivity index (χ0) is 33.6. The fourth-order valence-electron chi connectivity index (χ4n) is 2.55. The molecule has 0 heterocycles. The summed E-state index contributed by atoms with van der Waals surface area (Å²) >= 11 is 0. The van der Waals surface area contributed by atoms with E-state index in [1.165, 1.54) is 13.8 Å². The molecule has 0 aliphatic carbocycles. The normalized spacial score (nSPS) is 12.3. The van der Waals surface area contributed by atoms with Crippen molar-refractivity contribution in [2.24, 2.45) is 28.1 Å². The summed E-state index contributed by atoms with van der Waals surface area (Å²) in [6.45, 7) is 26.9. The quantitative estimate of drug-likeness (QED) is 0.116. The lowest BCUT2D eigenvalue weighted by Gasteiger charge is -2.29. The average Bonchev–Trinajstić information content (AvgIpc) is 2.85. The summed E-state index contributed by atoms with van der Waals surface area (Å²) in [6.07, 6.45) is -1.79. The first-order chi connectivity index (χ1) is 18.2. The molecule has 0 amide bonds. The highest BCUT2D eigenvalue weighted by Gasteiger charge is 2.43. The van der Waals surface area contributed by atoms with Crippen LogP contribution < -0.4 is 0 Å². The predicted octanol–water partition coefficient (Wildman–Crippen LogP) is 9.52. The van der Waals surface area contributed by atoms with Crippen molar-refractivity contribution in [2.75, 3.05) is 6.61 Å². The Hall–Kier alpha value is -1.87. The predicted molar refractivity (Wildman–Crippen MR) is 162 cm³/mol. The van der Waals surface area contributed by atoms with Gasteiger partial charge in [-0.1, -0.05) is 55.9 Å². The summed E-state index contributed by atoms with van der Waals surface area (Å²) < 4.78 is 63.0. The third kappa shape index (κ3) is 18.6. The van der Waals surface area contributed by atoms with Gasteiger partial charge in [0.05, 0.1) is 22.3 Å². The van der Waals surface area contributed by atoms with E-state index in [-0.39, 0.29) is 42.4 Å². The SMILES string of the molecule is C.CCC(C)(C)C(=O)OC(C(C)C)C(C)C.CCC(C)(C)C(=O)OC(C)C.CCC(C)(C)C(=O)OCC(F)(F)C(F)F. The lowest BCUT2D eigenvalue weighted by Crippen LogP contribution is -2.36. The summed E-state index contributed by atoms with van der Waals surface area (Å²) in [5.41, 5.74) is -1.62.